The van der Waals surface area contributed by atoms with Gasteiger partial charge in [-0.2, -0.15) is 13.2 Å². The maximum atomic E-state index is 12.7. The Morgan fingerprint density at radius 3 is 2.60 bits per heavy atom. The van der Waals surface area contributed by atoms with E-state index in [9.17, 15) is 18.0 Å². The summed E-state index contributed by atoms with van der Waals surface area (Å²) in [5.41, 5.74) is 0.652. The fourth-order valence-corrected chi connectivity index (χ4v) is 3.17. The number of nitrogens with one attached hydrogen (secondary N) is 1. The highest BCUT2D eigenvalue weighted by Crippen LogP contribution is 2.32. The topological polar surface area (TPSA) is 32.3 Å². The van der Waals surface area contributed by atoms with Gasteiger partial charge in [0.15, 0.2) is 0 Å². The molecular weight excluding hydrogens is 329 g/mol. The maximum Gasteiger partial charge on any atom is 0.416 e. The van der Waals surface area contributed by atoms with Crippen LogP contribution in [0.5, 0.6) is 0 Å². The third-order valence-electron chi connectivity index (χ3n) is 4.39. The second-order valence-electron chi connectivity index (χ2n) is 6.09. The van der Waals surface area contributed by atoms with Crippen molar-refractivity contribution in [3.8, 4) is 0 Å². The van der Waals surface area contributed by atoms with Gasteiger partial charge in [-0.05, 0) is 36.6 Å². The number of hydrogen-bond acceptors (Lipinski definition) is 2. The second kappa shape index (κ2) is 7.17. The lowest BCUT2D eigenvalue weighted by Crippen LogP contribution is -2.35. The Bertz CT molecular complexity index is 731. The van der Waals surface area contributed by atoms with Gasteiger partial charge in [0, 0.05) is 12.2 Å². The third-order valence-corrected chi connectivity index (χ3v) is 4.39. The summed E-state index contributed by atoms with van der Waals surface area (Å²) in [6.07, 6.45) is -2.57. The molecule has 1 N–H and O–H groups in total. The summed E-state index contributed by atoms with van der Waals surface area (Å²) in [6.45, 7) is 0.646. The van der Waals surface area contributed by atoms with Crippen molar-refractivity contribution in [2.24, 2.45) is 0 Å². The second-order valence-corrected chi connectivity index (χ2v) is 6.09. The van der Waals surface area contributed by atoms with E-state index in [1.807, 2.05) is 30.3 Å². The van der Waals surface area contributed by atoms with E-state index in [4.69, 9.17) is 0 Å². The fraction of sp³-hybridized carbons (Fsp3) is 0.316. The van der Waals surface area contributed by atoms with Gasteiger partial charge in [-0.3, -0.25) is 4.79 Å². The Balaban J connectivity index is 1.65. The fourth-order valence-electron chi connectivity index (χ4n) is 3.17. The van der Waals surface area contributed by atoms with Crippen molar-refractivity contribution in [1.82, 2.24) is 4.90 Å². The number of nitrogens with zero attached hydrogens (tertiary/aromatic N) is 1. The van der Waals surface area contributed by atoms with Gasteiger partial charge in [-0.15, -0.1) is 0 Å². The molecule has 2 aromatic rings. The van der Waals surface area contributed by atoms with E-state index in [0.717, 1.165) is 30.5 Å². The molecule has 3 rings (SSSR count). The van der Waals surface area contributed by atoms with E-state index in [1.165, 1.54) is 12.1 Å². The van der Waals surface area contributed by atoms with Gasteiger partial charge < -0.3 is 10.2 Å². The molecule has 0 radical (unpaired) electrons. The molecule has 1 saturated heterocycles. The van der Waals surface area contributed by atoms with Crippen molar-refractivity contribution in [1.29, 1.82) is 0 Å². The summed E-state index contributed by atoms with van der Waals surface area (Å²) in [5, 5.41) is 2.81. The number of carbonyl (C=O) groups is 1. The maximum absolute atomic E-state index is 12.7. The summed E-state index contributed by atoms with van der Waals surface area (Å²) in [4.78, 5) is 14.3. The zero-order valence-electron chi connectivity index (χ0n) is 13.6. The molecule has 1 aliphatic heterocycles. The number of likely N-dealkylation sites (tertiary alicyclic amines) is 1. The van der Waals surface area contributed by atoms with Crippen LogP contribution in [-0.2, 0) is 11.0 Å². The molecule has 0 bridgehead atoms. The molecule has 132 valence electrons. The first-order valence-corrected chi connectivity index (χ1v) is 8.21. The number of anilines is 1. The first kappa shape index (κ1) is 17.3. The van der Waals surface area contributed by atoms with E-state index in [2.05, 4.69) is 5.32 Å². The number of alkyl halides is 3. The quantitative estimate of drug-likeness (QED) is 0.883. The Kier molecular flexibility index (Phi) is 4.97. The van der Waals surface area contributed by atoms with Crippen molar-refractivity contribution in [2.45, 2.75) is 25.1 Å². The largest absolute Gasteiger partial charge is 0.416 e. The SMILES string of the molecule is O=C(CNc1cccc(C(F)(F)F)c1)N1CCCC1c1ccccc1. The lowest BCUT2D eigenvalue weighted by Gasteiger charge is -2.25. The van der Waals surface area contributed by atoms with Crippen LogP contribution in [0.2, 0.25) is 0 Å². The van der Waals surface area contributed by atoms with E-state index in [-0.39, 0.29) is 18.5 Å². The van der Waals surface area contributed by atoms with Crippen LogP contribution in [0.1, 0.15) is 30.0 Å². The molecule has 1 unspecified atom stereocenters. The molecule has 0 aliphatic carbocycles. The Labute approximate surface area is 144 Å². The first-order valence-electron chi connectivity index (χ1n) is 8.21. The van der Waals surface area contributed by atoms with E-state index < -0.39 is 11.7 Å². The molecule has 1 atom stereocenters. The molecule has 0 spiro atoms. The molecule has 1 aliphatic rings. The van der Waals surface area contributed by atoms with Gasteiger partial charge in [0.2, 0.25) is 5.91 Å². The molecule has 1 fully saturated rings. The predicted octanol–water partition coefficient (Wildman–Crippen LogP) is 4.48. The molecule has 2 aromatic carbocycles. The minimum Gasteiger partial charge on any atom is -0.376 e. The Hall–Kier alpha value is -2.50. The van der Waals surface area contributed by atoms with Gasteiger partial charge in [0.1, 0.15) is 0 Å². The van der Waals surface area contributed by atoms with Gasteiger partial charge in [0.25, 0.3) is 0 Å². The van der Waals surface area contributed by atoms with Crippen LogP contribution in [0.25, 0.3) is 0 Å². The molecule has 0 aromatic heterocycles. The number of hydrogen-bond donors (Lipinski definition) is 1. The van der Waals surface area contributed by atoms with Gasteiger partial charge >= 0.3 is 6.18 Å². The monoisotopic (exact) mass is 348 g/mol. The van der Waals surface area contributed by atoms with E-state index in [0.29, 0.717) is 12.2 Å². The number of carbonyl (C=O) groups excluding carboxylic acids is 1. The van der Waals surface area contributed by atoms with Crippen LogP contribution in [0.15, 0.2) is 54.6 Å². The number of benzene rings is 2. The summed E-state index contributed by atoms with van der Waals surface area (Å²) >= 11 is 0. The summed E-state index contributed by atoms with van der Waals surface area (Å²) in [7, 11) is 0. The summed E-state index contributed by atoms with van der Waals surface area (Å²) in [6, 6.07) is 14.7. The number of rotatable bonds is 4. The lowest BCUT2D eigenvalue weighted by molar-refractivity contribution is -0.137. The van der Waals surface area contributed by atoms with E-state index in [1.54, 1.807) is 4.90 Å². The predicted molar refractivity (Wildman–Crippen MR) is 90.1 cm³/mol. The summed E-state index contributed by atoms with van der Waals surface area (Å²) in [5.74, 6) is -0.108. The normalized spacial score (nSPS) is 17.6. The number of amides is 1. The van der Waals surface area contributed by atoms with E-state index >= 15 is 0 Å². The minimum atomic E-state index is -4.39. The molecule has 25 heavy (non-hydrogen) atoms. The van der Waals surface area contributed by atoms with Crippen molar-refractivity contribution in [3.63, 3.8) is 0 Å². The van der Waals surface area contributed by atoms with Crippen molar-refractivity contribution < 1.29 is 18.0 Å². The Morgan fingerprint density at radius 1 is 1.12 bits per heavy atom. The number of halogens is 3. The van der Waals surface area contributed by atoms with Gasteiger partial charge in [0.05, 0.1) is 18.2 Å². The van der Waals surface area contributed by atoms with Gasteiger partial charge in [-0.1, -0.05) is 36.4 Å². The molecule has 6 heteroatoms. The first-order chi connectivity index (χ1) is 11.9. The summed E-state index contributed by atoms with van der Waals surface area (Å²) < 4.78 is 38.2. The average molecular weight is 348 g/mol. The highest BCUT2D eigenvalue weighted by atomic mass is 19.4. The Morgan fingerprint density at radius 2 is 1.88 bits per heavy atom. The van der Waals surface area contributed by atoms with Crippen LogP contribution >= 0.6 is 0 Å². The zero-order valence-corrected chi connectivity index (χ0v) is 13.6. The zero-order chi connectivity index (χ0) is 17.9. The molecular formula is C19H19F3N2O. The highest BCUT2D eigenvalue weighted by molar-refractivity contribution is 5.81. The average Bonchev–Trinajstić information content (AvgIpc) is 3.10. The lowest BCUT2D eigenvalue weighted by atomic mass is 10.0. The minimum absolute atomic E-state index is 0.0232. The standard InChI is InChI=1S/C19H19F3N2O/c20-19(21,22)15-8-4-9-16(12-15)23-13-18(25)24-11-5-10-17(24)14-6-2-1-3-7-14/h1-4,6-9,12,17,23H,5,10-11,13H2. The van der Waals surface area contributed by atoms with Crippen LogP contribution in [0.3, 0.4) is 0 Å². The van der Waals surface area contributed by atoms with Crippen molar-refractivity contribution >= 4 is 11.6 Å². The van der Waals surface area contributed by atoms with Crippen LogP contribution in [-0.4, -0.2) is 23.9 Å². The van der Waals surface area contributed by atoms with Crippen LogP contribution < -0.4 is 5.32 Å². The van der Waals surface area contributed by atoms with Gasteiger partial charge in [-0.25, -0.2) is 0 Å². The molecule has 1 amide bonds. The smallest absolute Gasteiger partial charge is 0.376 e. The highest BCUT2D eigenvalue weighted by Gasteiger charge is 2.31. The van der Waals surface area contributed by atoms with Crippen LogP contribution in [0, 0.1) is 0 Å². The van der Waals surface area contributed by atoms with Crippen molar-refractivity contribution in [2.75, 3.05) is 18.4 Å². The van der Waals surface area contributed by atoms with Crippen LogP contribution in [0.4, 0.5) is 18.9 Å². The van der Waals surface area contributed by atoms with Crippen molar-refractivity contribution in [3.05, 3.63) is 65.7 Å². The molecule has 0 saturated carbocycles. The molecule has 3 nitrogen and oxygen atoms in total. The third kappa shape index (κ3) is 4.13. The molecule has 1 heterocycles.